The van der Waals surface area contributed by atoms with Crippen LogP contribution in [-0.2, 0) is 0 Å². The number of rotatable bonds is 3. The Hall–Kier alpha value is -4.90. The molecule has 0 atom stereocenters. The predicted molar refractivity (Wildman–Crippen MR) is 182 cm³/mol. The Morgan fingerprint density at radius 3 is 2.17 bits per heavy atom. The average molecular weight is 571 g/mol. The molecule has 0 aliphatic carbocycles. The van der Waals surface area contributed by atoms with Crippen molar-refractivity contribution in [2.75, 3.05) is 0 Å². The van der Waals surface area contributed by atoms with Crippen molar-refractivity contribution in [3.63, 3.8) is 0 Å². The Morgan fingerprint density at radius 2 is 1.19 bits per heavy atom. The van der Waals surface area contributed by atoms with Gasteiger partial charge < -0.3 is 0 Å². The van der Waals surface area contributed by atoms with Crippen LogP contribution in [0, 0.1) is 0 Å². The maximum absolute atomic E-state index is 5.19. The Bertz CT molecular complexity index is 2480. The molecule has 0 spiro atoms. The van der Waals surface area contributed by atoms with Crippen molar-refractivity contribution >= 4 is 74.1 Å². The van der Waals surface area contributed by atoms with Crippen molar-refractivity contribution in [1.82, 2.24) is 9.97 Å². The Labute approximate surface area is 250 Å². The van der Waals surface area contributed by atoms with E-state index in [1.54, 1.807) is 11.3 Å². The van der Waals surface area contributed by atoms with E-state index in [4.69, 9.17) is 9.97 Å². The van der Waals surface area contributed by atoms with Gasteiger partial charge in [-0.25, -0.2) is 9.97 Å². The molecule has 196 valence electrons. The normalized spacial score (nSPS) is 11.8. The monoisotopic (exact) mass is 570 g/mol. The summed E-state index contributed by atoms with van der Waals surface area (Å²) in [5.41, 5.74) is 7.88. The third kappa shape index (κ3) is 3.69. The summed E-state index contributed by atoms with van der Waals surface area (Å²) in [5, 5.41) is 6.21. The fraction of sp³-hybridized carbons (Fsp3) is 0. The van der Waals surface area contributed by atoms with Gasteiger partial charge >= 0.3 is 0 Å². The van der Waals surface area contributed by atoms with Gasteiger partial charge in [0.25, 0.3) is 0 Å². The van der Waals surface area contributed by atoms with Gasteiger partial charge in [-0.3, -0.25) is 0 Å². The lowest BCUT2D eigenvalue weighted by molar-refractivity contribution is 1.32. The van der Waals surface area contributed by atoms with Crippen molar-refractivity contribution in [2.24, 2.45) is 0 Å². The van der Waals surface area contributed by atoms with Gasteiger partial charge in [-0.05, 0) is 57.3 Å². The minimum atomic E-state index is 0.905. The molecular formula is C38H22N2S2. The summed E-state index contributed by atoms with van der Waals surface area (Å²) in [6.45, 7) is 0. The molecule has 0 bridgehead atoms. The minimum Gasteiger partial charge on any atom is -0.243 e. The second-order valence-electron chi connectivity index (χ2n) is 10.6. The third-order valence-corrected chi connectivity index (χ3v) is 10.4. The van der Waals surface area contributed by atoms with Crippen molar-refractivity contribution in [3.05, 3.63) is 134 Å². The summed E-state index contributed by atoms with van der Waals surface area (Å²) in [4.78, 5) is 11.0. The maximum atomic E-state index is 5.19. The summed E-state index contributed by atoms with van der Waals surface area (Å²) < 4.78 is 3.87. The molecule has 2 nitrogen and oxygen atoms in total. The summed E-state index contributed by atoms with van der Waals surface area (Å²) >= 11 is 3.58. The van der Waals surface area contributed by atoms with Gasteiger partial charge in [-0.1, -0.05) is 103 Å². The Balaban J connectivity index is 1.18. The molecular weight excluding hydrogens is 549 g/mol. The molecule has 0 radical (unpaired) electrons. The fourth-order valence-corrected chi connectivity index (χ4v) is 8.34. The molecule has 3 aromatic heterocycles. The first-order valence-electron chi connectivity index (χ1n) is 14.0. The molecule has 3 heterocycles. The zero-order valence-electron chi connectivity index (χ0n) is 22.4. The van der Waals surface area contributed by atoms with Crippen LogP contribution in [0.3, 0.4) is 0 Å². The quantitative estimate of drug-likeness (QED) is 0.211. The largest absolute Gasteiger partial charge is 0.243 e. The van der Waals surface area contributed by atoms with Crippen LogP contribution in [0.2, 0.25) is 0 Å². The second-order valence-corrected chi connectivity index (χ2v) is 12.7. The number of benzene rings is 6. The van der Waals surface area contributed by atoms with Crippen molar-refractivity contribution in [1.29, 1.82) is 0 Å². The zero-order valence-corrected chi connectivity index (χ0v) is 24.0. The van der Waals surface area contributed by atoms with Gasteiger partial charge in [-0.15, -0.1) is 22.7 Å². The van der Waals surface area contributed by atoms with Gasteiger partial charge in [0.1, 0.15) is 10.3 Å². The lowest BCUT2D eigenvalue weighted by Gasteiger charge is -2.08. The zero-order chi connectivity index (χ0) is 27.6. The van der Waals surface area contributed by atoms with Crippen LogP contribution in [0.4, 0.5) is 0 Å². The molecule has 42 heavy (non-hydrogen) atoms. The Kier molecular flexibility index (Phi) is 5.27. The Morgan fingerprint density at radius 1 is 0.476 bits per heavy atom. The van der Waals surface area contributed by atoms with Crippen molar-refractivity contribution in [3.8, 4) is 33.5 Å². The van der Waals surface area contributed by atoms with E-state index in [9.17, 15) is 0 Å². The molecule has 0 aliphatic rings. The first kappa shape index (κ1) is 23.8. The molecule has 9 rings (SSSR count). The van der Waals surface area contributed by atoms with Crippen LogP contribution in [0.15, 0.2) is 134 Å². The molecule has 0 unspecified atom stereocenters. The maximum Gasteiger partial charge on any atom is 0.143 e. The molecule has 0 amide bonds. The van der Waals surface area contributed by atoms with Crippen LogP contribution < -0.4 is 0 Å². The van der Waals surface area contributed by atoms with Crippen LogP contribution in [-0.4, -0.2) is 9.97 Å². The van der Waals surface area contributed by atoms with Gasteiger partial charge in [0.05, 0.1) is 11.9 Å². The van der Waals surface area contributed by atoms with Gasteiger partial charge in [0, 0.05) is 35.8 Å². The van der Waals surface area contributed by atoms with Crippen LogP contribution >= 0.6 is 22.7 Å². The third-order valence-electron chi connectivity index (χ3n) is 8.16. The average Bonchev–Trinajstić information content (AvgIpc) is 3.62. The standard InChI is InChI=1S/C38H22N2S2/c1-2-12-27-23(8-1)9-6-15-29(27)33-22-39-38-36(40-33)32-21-25(18-19-35(32)42-38)24-10-5-11-26(20-24)28-14-7-16-31-30-13-3-4-17-34(30)41-37(28)31/h1-22H. The van der Waals surface area contributed by atoms with Crippen LogP contribution in [0.5, 0.6) is 0 Å². The van der Waals surface area contributed by atoms with Crippen molar-refractivity contribution < 1.29 is 0 Å². The predicted octanol–water partition coefficient (Wildman–Crippen LogP) is 11.4. The number of thiophene rings is 2. The van der Waals surface area contributed by atoms with Crippen LogP contribution in [0.1, 0.15) is 0 Å². The fourth-order valence-electron chi connectivity index (χ4n) is 6.14. The molecule has 9 aromatic rings. The topological polar surface area (TPSA) is 25.8 Å². The highest BCUT2D eigenvalue weighted by molar-refractivity contribution is 7.26. The number of hydrogen-bond acceptors (Lipinski definition) is 4. The highest BCUT2D eigenvalue weighted by atomic mass is 32.1. The molecule has 0 saturated heterocycles. The van der Waals surface area contributed by atoms with E-state index >= 15 is 0 Å². The van der Waals surface area contributed by atoms with Crippen molar-refractivity contribution in [2.45, 2.75) is 0 Å². The highest BCUT2D eigenvalue weighted by Crippen LogP contribution is 2.41. The number of fused-ring (bicyclic) bond motifs is 7. The van der Waals surface area contributed by atoms with E-state index in [0.717, 1.165) is 27.0 Å². The van der Waals surface area contributed by atoms with E-state index in [0.29, 0.717) is 0 Å². The van der Waals surface area contributed by atoms with E-state index in [2.05, 4.69) is 127 Å². The summed E-state index contributed by atoms with van der Waals surface area (Å²) in [6, 6.07) is 45.9. The van der Waals surface area contributed by atoms with Crippen LogP contribution in [0.25, 0.3) is 84.9 Å². The van der Waals surface area contributed by atoms with E-state index in [1.807, 2.05) is 17.5 Å². The number of nitrogens with zero attached hydrogens (tertiary/aromatic N) is 2. The SMILES string of the molecule is c1cc(-c2ccc3sc4ncc(-c5cccc6ccccc56)nc4c3c2)cc(-c2cccc3c2sc2ccccc23)c1. The summed E-state index contributed by atoms with van der Waals surface area (Å²) in [6.07, 6.45) is 1.92. The molecule has 6 aromatic carbocycles. The molecule has 0 N–H and O–H groups in total. The molecule has 4 heteroatoms. The first-order chi connectivity index (χ1) is 20.8. The first-order valence-corrected chi connectivity index (χ1v) is 15.6. The molecule has 0 fully saturated rings. The van der Waals surface area contributed by atoms with E-state index in [1.165, 1.54) is 57.9 Å². The van der Waals surface area contributed by atoms with Gasteiger partial charge in [0.2, 0.25) is 0 Å². The number of hydrogen-bond donors (Lipinski definition) is 0. The lowest BCUT2D eigenvalue weighted by Crippen LogP contribution is -1.88. The molecule has 0 aliphatic heterocycles. The second kappa shape index (κ2) is 9.31. The number of aromatic nitrogens is 2. The molecule has 0 saturated carbocycles. The van der Waals surface area contributed by atoms with Gasteiger partial charge in [-0.2, -0.15) is 0 Å². The van der Waals surface area contributed by atoms with E-state index < -0.39 is 0 Å². The van der Waals surface area contributed by atoms with Gasteiger partial charge in [0.15, 0.2) is 0 Å². The summed E-state index contributed by atoms with van der Waals surface area (Å²) in [5.74, 6) is 0. The smallest absolute Gasteiger partial charge is 0.143 e. The lowest BCUT2D eigenvalue weighted by atomic mass is 9.97. The highest BCUT2D eigenvalue weighted by Gasteiger charge is 2.14. The minimum absolute atomic E-state index is 0.905. The van der Waals surface area contributed by atoms with E-state index in [-0.39, 0.29) is 0 Å². The summed E-state index contributed by atoms with van der Waals surface area (Å²) in [7, 11) is 0.